The summed E-state index contributed by atoms with van der Waals surface area (Å²) in [5.41, 5.74) is 2.42. The van der Waals surface area contributed by atoms with Crippen LogP contribution >= 0.6 is 0 Å². The van der Waals surface area contributed by atoms with Gasteiger partial charge in [-0.1, -0.05) is 18.2 Å². The number of urea groups is 1. The molecule has 36 heavy (non-hydrogen) atoms. The van der Waals surface area contributed by atoms with Crippen LogP contribution in [-0.4, -0.2) is 66.1 Å². The van der Waals surface area contributed by atoms with Gasteiger partial charge < -0.3 is 14.5 Å². The Kier molecular flexibility index (Phi) is 6.93. The van der Waals surface area contributed by atoms with E-state index < -0.39 is 5.54 Å². The van der Waals surface area contributed by atoms with Gasteiger partial charge in [-0.3, -0.25) is 9.69 Å². The maximum atomic E-state index is 13.8. The maximum absolute atomic E-state index is 13.8. The fourth-order valence-corrected chi connectivity index (χ4v) is 5.96. The van der Waals surface area contributed by atoms with E-state index in [9.17, 15) is 9.59 Å². The van der Waals surface area contributed by atoms with Crippen molar-refractivity contribution in [1.29, 1.82) is 0 Å². The molecule has 3 saturated heterocycles. The minimum atomic E-state index is -0.767. The highest BCUT2D eigenvalue weighted by Crippen LogP contribution is 2.40. The molecular formula is C29H38N4O3. The number of ether oxygens (including phenoxy) is 1. The van der Waals surface area contributed by atoms with Gasteiger partial charge in [0.15, 0.2) is 0 Å². The second-order valence-corrected chi connectivity index (χ2v) is 10.5. The molecule has 7 heteroatoms. The first-order valence-electron chi connectivity index (χ1n) is 13.4. The van der Waals surface area contributed by atoms with Gasteiger partial charge in [0.2, 0.25) is 0 Å². The van der Waals surface area contributed by atoms with E-state index in [0.29, 0.717) is 30.8 Å². The second-order valence-electron chi connectivity index (χ2n) is 10.5. The average molecular weight is 491 g/mol. The zero-order chi connectivity index (χ0) is 25.3. The summed E-state index contributed by atoms with van der Waals surface area (Å²) in [6.07, 6.45) is 3.87. The molecule has 0 unspecified atom stereocenters. The van der Waals surface area contributed by atoms with E-state index >= 15 is 0 Å². The number of piperidine rings is 1. The van der Waals surface area contributed by atoms with E-state index in [2.05, 4.69) is 34.1 Å². The molecule has 3 aliphatic rings. The molecule has 2 aromatic rings. The minimum absolute atomic E-state index is 0.0180. The largest absolute Gasteiger partial charge is 0.491 e. The molecule has 0 aromatic heterocycles. The van der Waals surface area contributed by atoms with E-state index in [0.717, 1.165) is 32.7 Å². The minimum Gasteiger partial charge on any atom is -0.491 e. The molecule has 3 heterocycles. The van der Waals surface area contributed by atoms with Crippen LogP contribution in [-0.2, 0) is 11.3 Å². The summed E-state index contributed by atoms with van der Waals surface area (Å²) in [7, 11) is 0. The Labute approximate surface area is 214 Å². The molecule has 3 fully saturated rings. The number of hydrogen-bond donors (Lipinski definition) is 0. The number of imide groups is 1. The lowest BCUT2D eigenvalue weighted by Gasteiger charge is -2.41. The summed E-state index contributed by atoms with van der Waals surface area (Å²) in [5.74, 6) is 0.559. The van der Waals surface area contributed by atoms with Crippen LogP contribution in [0.25, 0.3) is 0 Å². The monoisotopic (exact) mass is 490 g/mol. The number of carbonyl (C=O) groups is 2. The maximum Gasteiger partial charge on any atom is 0.332 e. The topological polar surface area (TPSA) is 56.3 Å². The molecule has 0 N–H and O–H groups in total. The Bertz CT molecular complexity index is 1090. The Morgan fingerprint density at radius 1 is 0.917 bits per heavy atom. The van der Waals surface area contributed by atoms with Gasteiger partial charge in [-0.2, -0.15) is 0 Å². The number of likely N-dealkylation sites (tertiary alicyclic amines) is 1. The van der Waals surface area contributed by atoms with Crippen LogP contribution in [0.5, 0.6) is 5.75 Å². The number of rotatable bonds is 7. The van der Waals surface area contributed by atoms with Crippen molar-refractivity contribution in [2.45, 2.75) is 64.6 Å². The molecule has 3 aliphatic heterocycles. The number of anilines is 2. The van der Waals surface area contributed by atoms with Crippen LogP contribution in [0, 0.1) is 0 Å². The fourth-order valence-electron chi connectivity index (χ4n) is 5.96. The summed E-state index contributed by atoms with van der Waals surface area (Å²) in [4.78, 5) is 35.3. The fraction of sp³-hybridized carbons (Fsp3) is 0.517. The van der Waals surface area contributed by atoms with Crippen LogP contribution in [0.4, 0.5) is 16.2 Å². The van der Waals surface area contributed by atoms with Crippen LogP contribution in [0.1, 0.15) is 52.0 Å². The average Bonchev–Trinajstić information content (AvgIpc) is 3.47. The summed E-state index contributed by atoms with van der Waals surface area (Å²) < 4.78 is 5.81. The van der Waals surface area contributed by atoms with E-state index in [1.54, 1.807) is 11.0 Å². The molecule has 5 rings (SSSR count). The normalized spacial score (nSPS) is 20.3. The van der Waals surface area contributed by atoms with Gasteiger partial charge >= 0.3 is 6.03 Å². The number of amides is 3. The van der Waals surface area contributed by atoms with Gasteiger partial charge in [0.25, 0.3) is 5.91 Å². The van der Waals surface area contributed by atoms with Crippen molar-refractivity contribution in [2.24, 2.45) is 0 Å². The summed E-state index contributed by atoms with van der Waals surface area (Å²) >= 11 is 0. The zero-order valence-corrected chi connectivity index (χ0v) is 21.8. The summed E-state index contributed by atoms with van der Waals surface area (Å²) in [5, 5.41) is 0. The first-order valence-corrected chi connectivity index (χ1v) is 13.4. The van der Waals surface area contributed by atoms with Crippen molar-refractivity contribution < 1.29 is 14.3 Å². The van der Waals surface area contributed by atoms with Gasteiger partial charge in [0.1, 0.15) is 11.3 Å². The van der Waals surface area contributed by atoms with Crippen molar-refractivity contribution >= 4 is 23.3 Å². The molecule has 0 bridgehead atoms. The highest BCUT2D eigenvalue weighted by molar-refractivity contribution is 6.23. The Morgan fingerprint density at radius 2 is 1.61 bits per heavy atom. The zero-order valence-electron chi connectivity index (χ0n) is 21.8. The third-order valence-corrected chi connectivity index (χ3v) is 7.80. The third-order valence-electron chi connectivity index (χ3n) is 7.80. The quantitative estimate of drug-likeness (QED) is 0.517. The number of likely N-dealkylation sites (N-methyl/N-ethyl adjacent to an activating group) is 1. The van der Waals surface area contributed by atoms with Crippen molar-refractivity contribution in [3.63, 3.8) is 0 Å². The molecule has 0 saturated carbocycles. The van der Waals surface area contributed by atoms with E-state index in [1.165, 1.54) is 29.0 Å². The number of carbonyl (C=O) groups excluding carboxylic acids is 2. The lowest BCUT2D eigenvalue weighted by atomic mass is 9.85. The van der Waals surface area contributed by atoms with Crippen molar-refractivity contribution in [1.82, 2.24) is 9.80 Å². The molecule has 1 spiro atoms. The van der Waals surface area contributed by atoms with Crippen LogP contribution in [0.2, 0.25) is 0 Å². The third kappa shape index (κ3) is 4.57. The standard InChI is InChI=1S/C29H38N4O3/c1-4-32-28(35)33(25-8-7-9-26(20-25)36-22(2)3)27(34)29(32)14-18-30(19-15-29)21-23-10-12-24(13-11-23)31-16-5-6-17-31/h7-13,20,22H,4-6,14-19,21H2,1-3H3. The van der Waals surface area contributed by atoms with Crippen molar-refractivity contribution in [2.75, 3.05) is 42.5 Å². The summed E-state index contributed by atoms with van der Waals surface area (Å²) in [6.45, 7) is 11.1. The molecule has 7 nitrogen and oxygen atoms in total. The molecule has 192 valence electrons. The lowest BCUT2D eigenvalue weighted by molar-refractivity contribution is -0.127. The van der Waals surface area contributed by atoms with Gasteiger partial charge in [-0.15, -0.1) is 0 Å². The Hall–Kier alpha value is -3.06. The first-order chi connectivity index (χ1) is 17.4. The van der Waals surface area contributed by atoms with E-state index in [-0.39, 0.29) is 18.0 Å². The second kappa shape index (κ2) is 10.1. The predicted molar refractivity (Wildman–Crippen MR) is 143 cm³/mol. The Morgan fingerprint density at radius 3 is 2.25 bits per heavy atom. The van der Waals surface area contributed by atoms with Gasteiger partial charge in [-0.05, 0) is 76.3 Å². The molecule has 0 aliphatic carbocycles. The SMILES string of the molecule is CCN1C(=O)N(c2cccc(OC(C)C)c2)C(=O)C12CCN(Cc1ccc(N3CCCC3)cc1)CC2. The highest BCUT2D eigenvalue weighted by atomic mass is 16.5. The van der Waals surface area contributed by atoms with Gasteiger partial charge in [-0.25, -0.2) is 9.69 Å². The summed E-state index contributed by atoms with van der Waals surface area (Å²) in [6, 6.07) is 16.0. The van der Waals surface area contributed by atoms with E-state index in [1.807, 2.05) is 39.0 Å². The Balaban J connectivity index is 1.27. The van der Waals surface area contributed by atoms with Crippen LogP contribution in [0.3, 0.4) is 0 Å². The molecule has 0 radical (unpaired) electrons. The van der Waals surface area contributed by atoms with Crippen LogP contribution < -0.4 is 14.5 Å². The van der Waals surface area contributed by atoms with E-state index in [4.69, 9.17) is 4.74 Å². The highest BCUT2D eigenvalue weighted by Gasteiger charge is 2.57. The first kappa shape index (κ1) is 24.6. The molecule has 2 aromatic carbocycles. The number of hydrogen-bond acceptors (Lipinski definition) is 5. The number of benzene rings is 2. The van der Waals surface area contributed by atoms with Crippen LogP contribution in [0.15, 0.2) is 48.5 Å². The van der Waals surface area contributed by atoms with Crippen molar-refractivity contribution in [3.05, 3.63) is 54.1 Å². The lowest BCUT2D eigenvalue weighted by Crippen LogP contribution is -2.56. The number of nitrogens with zero attached hydrogens (tertiary/aromatic N) is 4. The van der Waals surface area contributed by atoms with Gasteiger partial charge in [0.05, 0.1) is 11.8 Å². The predicted octanol–water partition coefficient (Wildman–Crippen LogP) is 4.90. The molecular weight excluding hydrogens is 452 g/mol. The molecule has 0 atom stereocenters. The smallest absolute Gasteiger partial charge is 0.332 e. The van der Waals surface area contributed by atoms with Gasteiger partial charge in [0, 0.05) is 51.0 Å². The van der Waals surface area contributed by atoms with Crippen molar-refractivity contribution in [3.8, 4) is 5.75 Å². The molecule has 3 amide bonds.